The maximum absolute atomic E-state index is 11.9. The first kappa shape index (κ1) is 17.4. The lowest BCUT2D eigenvalue weighted by molar-refractivity contribution is -0.148. The third-order valence-electron chi connectivity index (χ3n) is 3.75. The van der Waals surface area contributed by atoms with Crippen LogP contribution in [0.3, 0.4) is 0 Å². The van der Waals surface area contributed by atoms with Gasteiger partial charge >= 0.3 is 5.97 Å². The average Bonchev–Trinajstić information content (AvgIpc) is 3.05. The highest BCUT2D eigenvalue weighted by molar-refractivity contribution is 7.99. The van der Waals surface area contributed by atoms with E-state index >= 15 is 0 Å². The number of hydrogen-bond acceptors (Lipinski definition) is 5. The quantitative estimate of drug-likeness (QED) is 0.612. The number of carbonyl (C=O) groups excluding carboxylic acids is 2. The van der Waals surface area contributed by atoms with Crippen LogP contribution in [0.4, 0.5) is 5.69 Å². The SMILES string of the molecule is N#CCSc1ccccc1NC(=O)COC(=O)CC1CCCC1. The highest BCUT2D eigenvalue weighted by Crippen LogP contribution is 2.28. The molecule has 6 heteroatoms. The van der Waals surface area contributed by atoms with Gasteiger partial charge in [0.25, 0.3) is 5.91 Å². The topological polar surface area (TPSA) is 79.2 Å². The molecule has 0 spiro atoms. The minimum absolute atomic E-state index is 0.275. The molecule has 1 aliphatic carbocycles. The van der Waals surface area contributed by atoms with E-state index in [0.29, 0.717) is 23.8 Å². The Morgan fingerprint density at radius 1 is 1.30 bits per heavy atom. The second-order valence-corrected chi connectivity index (χ2v) is 6.52. The smallest absolute Gasteiger partial charge is 0.306 e. The molecule has 0 heterocycles. The summed E-state index contributed by atoms with van der Waals surface area (Å²) in [4.78, 5) is 24.5. The predicted octanol–water partition coefficient (Wildman–Crippen LogP) is 3.36. The standard InChI is InChI=1S/C17H20N2O3S/c18-9-10-23-15-8-4-3-7-14(15)19-16(20)12-22-17(21)11-13-5-1-2-6-13/h3-4,7-8,13H,1-2,5-6,10-12H2,(H,19,20). The van der Waals surface area contributed by atoms with Crippen LogP contribution in [0, 0.1) is 17.2 Å². The number of nitrogens with one attached hydrogen (secondary N) is 1. The number of thioether (sulfide) groups is 1. The van der Waals surface area contributed by atoms with Crippen molar-refractivity contribution in [2.24, 2.45) is 5.92 Å². The van der Waals surface area contributed by atoms with Gasteiger partial charge in [-0.15, -0.1) is 11.8 Å². The van der Waals surface area contributed by atoms with Gasteiger partial charge in [0.05, 0.1) is 17.5 Å². The molecule has 2 rings (SSSR count). The number of amides is 1. The summed E-state index contributed by atoms with van der Waals surface area (Å²) < 4.78 is 5.05. The normalized spacial score (nSPS) is 14.2. The van der Waals surface area contributed by atoms with Crippen molar-refractivity contribution in [1.29, 1.82) is 5.26 Å². The summed E-state index contributed by atoms with van der Waals surface area (Å²) >= 11 is 1.35. The molecule has 1 amide bonds. The van der Waals surface area contributed by atoms with Crippen molar-refractivity contribution in [3.63, 3.8) is 0 Å². The van der Waals surface area contributed by atoms with E-state index in [1.54, 1.807) is 12.1 Å². The number of hydrogen-bond donors (Lipinski definition) is 1. The summed E-state index contributed by atoms with van der Waals surface area (Å²) in [6, 6.07) is 9.30. The van der Waals surface area contributed by atoms with Gasteiger partial charge in [-0.2, -0.15) is 5.26 Å². The number of para-hydroxylation sites is 1. The van der Waals surface area contributed by atoms with Gasteiger partial charge in [-0.25, -0.2) is 0 Å². The molecular formula is C17H20N2O3S. The van der Waals surface area contributed by atoms with Crippen molar-refractivity contribution < 1.29 is 14.3 Å². The number of rotatable bonds is 7. The van der Waals surface area contributed by atoms with Gasteiger partial charge in [0, 0.05) is 11.3 Å². The van der Waals surface area contributed by atoms with Crippen LogP contribution in [-0.2, 0) is 14.3 Å². The first-order valence-electron chi connectivity index (χ1n) is 7.73. The summed E-state index contributed by atoms with van der Waals surface area (Å²) in [6.45, 7) is -0.275. The monoisotopic (exact) mass is 332 g/mol. The van der Waals surface area contributed by atoms with E-state index < -0.39 is 0 Å². The predicted molar refractivity (Wildman–Crippen MR) is 88.9 cm³/mol. The molecule has 0 aromatic heterocycles. The Morgan fingerprint density at radius 2 is 2.04 bits per heavy atom. The molecule has 0 saturated heterocycles. The van der Waals surface area contributed by atoms with Gasteiger partial charge in [-0.3, -0.25) is 9.59 Å². The zero-order chi connectivity index (χ0) is 16.5. The van der Waals surface area contributed by atoms with Crippen LogP contribution in [0.15, 0.2) is 29.2 Å². The number of carbonyl (C=O) groups is 2. The number of esters is 1. The molecule has 122 valence electrons. The van der Waals surface area contributed by atoms with E-state index in [-0.39, 0.29) is 18.5 Å². The molecule has 1 aromatic rings. The van der Waals surface area contributed by atoms with E-state index in [4.69, 9.17) is 10.00 Å². The lowest BCUT2D eigenvalue weighted by Gasteiger charge is -2.11. The fourth-order valence-corrected chi connectivity index (χ4v) is 3.32. The minimum atomic E-state index is -0.366. The van der Waals surface area contributed by atoms with Crippen molar-refractivity contribution in [3.05, 3.63) is 24.3 Å². The van der Waals surface area contributed by atoms with E-state index in [1.165, 1.54) is 24.6 Å². The number of anilines is 1. The second-order valence-electron chi connectivity index (χ2n) is 5.51. The molecule has 0 radical (unpaired) electrons. The molecule has 0 unspecified atom stereocenters. The van der Waals surface area contributed by atoms with Gasteiger partial charge < -0.3 is 10.1 Å². The Balaban J connectivity index is 1.78. The van der Waals surface area contributed by atoms with Crippen molar-refractivity contribution in [3.8, 4) is 6.07 Å². The number of benzene rings is 1. The van der Waals surface area contributed by atoms with Gasteiger partial charge in [0.2, 0.25) is 0 Å². The molecule has 1 N–H and O–H groups in total. The summed E-state index contributed by atoms with van der Waals surface area (Å²) in [5.41, 5.74) is 0.629. The molecule has 0 aliphatic heterocycles. The van der Waals surface area contributed by atoms with Crippen LogP contribution in [0.1, 0.15) is 32.1 Å². The van der Waals surface area contributed by atoms with Gasteiger partial charge in [-0.1, -0.05) is 25.0 Å². The van der Waals surface area contributed by atoms with Crippen molar-refractivity contribution in [1.82, 2.24) is 0 Å². The Bertz CT molecular complexity index is 592. The lowest BCUT2D eigenvalue weighted by atomic mass is 10.1. The Kier molecular flexibility index (Phi) is 6.95. The highest BCUT2D eigenvalue weighted by atomic mass is 32.2. The third kappa shape index (κ3) is 5.95. The van der Waals surface area contributed by atoms with Crippen LogP contribution >= 0.6 is 11.8 Å². The number of nitriles is 1. The molecule has 0 bridgehead atoms. The molecular weight excluding hydrogens is 312 g/mol. The molecule has 1 fully saturated rings. The van der Waals surface area contributed by atoms with E-state index in [2.05, 4.69) is 11.4 Å². The van der Waals surface area contributed by atoms with Crippen LogP contribution in [0.5, 0.6) is 0 Å². The molecule has 0 atom stereocenters. The lowest BCUT2D eigenvalue weighted by Crippen LogP contribution is -2.22. The molecule has 23 heavy (non-hydrogen) atoms. The summed E-state index contributed by atoms with van der Waals surface area (Å²) in [5, 5.41) is 11.4. The zero-order valence-corrected chi connectivity index (χ0v) is 13.7. The fourth-order valence-electron chi connectivity index (χ4n) is 2.65. The van der Waals surface area contributed by atoms with Crippen molar-refractivity contribution in [2.75, 3.05) is 17.7 Å². The van der Waals surface area contributed by atoms with Crippen LogP contribution < -0.4 is 5.32 Å². The van der Waals surface area contributed by atoms with Crippen molar-refractivity contribution in [2.45, 2.75) is 37.0 Å². The minimum Gasteiger partial charge on any atom is -0.456 e. The average molecular weight is 332 g/mol. The van der Waals surface area contributed by atoms with Crippen LogP contribution in [0.2, 0.25) is 0 Å². The third-order valence-corrected chi connectivity index (χ3v) is 4.69. The second kappa shape index (κ2) is 9.21. The van der Waals surface area contributed by atoms with Crippen LogP contribution in [-0.4, -0.2) is 24.2 Å². The fraction of sp³-hybridized carbons (Fsp3) is 0.471. The Morgan fingerprint density at radius 3 is 2.78 bits per heavy atom. The highest BCUT2D eigenvalue weighted by Gasteiger charge is 2.19. The van der Waals surface area contributed by atoms with Gasteiger partial charge in [0.15, 0.2) is 6.61 Å². The molecule has 1 aliphatic rings. The van der Waals surface area contributed by atoms with Gasteiger partial charge in [0.1, 0.15) is 0 Å². The molecule has 1 aromatic carbocycles. The maximum Gasteiger partial charge on any atom is 0.306 e. The van der Waals surface area contributed by atoms with Crippen molar-refractivity contribution >= 4 is 29.3 Å². The first-order chi connectivity index (χ1) is 11.2. The van der Waals surface area contributed by atoms with E-state index in [1.807, 2.05) is 12.1 Å². The molecule has 1 saturated carbocycles. The number of nitrogens with zero attached hydrogens (tertiary/aromatic N) is 1. The summed E-state index contributed by atoms with van der Waals surface area (Å²) in [7, 11) is 0. The maximum atomic E-state index is 11.9. The van der Waals surface area contributed by atoms with Crippen LogP contribution in [0.25, 0.3) is 0 Å². The zero-order valence-electron chi connectivity index (χ0n) is 12.9. The first-order valence-corrected chi connectivity index (χ1v) is 8.72. The van der Waals surface area contributed by atoms with E-state index in [0.717, 1.165) is 17.7 Å². The molecule has 5 nitrogen and oxygen atoms in total. The largest absolute Gasteiger partial charge is 0.456 e. The van der Waals surface area contributed by atoms with E-state index in [9.17, 15) is 9.59 Å². The Hall–Kier alpha value is -2.00. The number of ether oxygens (including phenoxy) is 1. The van der Waals surface area contributed by atoms with Gasteiger partial charge in [-0.05, 0) is 30.9 Å². The summed E-state index contributed by atoms with van der Waals surface area (Å²) in [6.07, 6.45) is 4.91. The summed E-state index contributed by atoms with van der Waals surface area (Å²) in [5.74, 6) is 0.0473. The Labute approximate surface area is 140 Å².